The second-order valence-electron chi connectivity index (χ2n) is 9.00. The molecule has 1 heterocycles. The standard InChI is InChI=1S/C29H29N3O3/c1-20-7-9-21(10-8-20)19-32(26-16-13-22-5-3-4-6-25(22)26)28(33)18-17-27-30-29(31-35-27)23-11-14-24(34-2)15-12-23/h3-12,14-15,26H,13,16-19H2,1-2H3. The van der Waals surface area contributed by atoms with E-state index in [1.807, 2.05) is 29.2 Å². The number of nitrogens with zero attached hydrogens (tertiary/aromatic N) is 3. The quantitative estimate of drug-likeness (QED) is 0.332. The molecule has 5 rings (SSSR count). The van der Waals surface area contributed by atoms with Crippen molar-refractivity contribution in [3.05, 3.63) is 101 Å². The van der Waals surface area contributed by atoms with Crippen molar-refractivity contribution in [1.29, 1.82) is 0 Å². The first-order chi connectivity index (χ1) is 17.1. The van der Waals surface area contributed by atoms with E-state index in [9.17, 15) is 4.79 Å². The van der Waals surface area contributed by atoms with Crippen LogP contribution < -0.4 is 4.74 Å². The third kappa shape index (κ3) is 5.11. The van der Waals surface area contributed by atoms with Crippen LogP contribution >= 0.6 is 0 Å². The first-order valence-electron chi connectivity index (χ1n) is 12.0. The van der Waals surface area contributed by atoms with Crippen LogP contribution in [0.3, 0.4) is 0 Å². The van der Waals surface area contributed by atoms with Crippen molar-refractivity contribution in [3.8, 4) is 17.1 Å². The van der Waals surface area contributed by atoms with E-state index in [0.29, 0.717) is 31.1 Å². The minimum Gasteiger partial charge on any atom is -0.497 e. The lowest BCUT2D eigenvalue weighted by atomic mass is 10.0. The Morgan fingerprint density at radius 3 is 2.60 bits per heavy atom. The highest BCUT2D eigenvalue weighted by atomic mass is 16.5. The summed E-state index contributed by atoms with van der Waals surface area (Å²) in [7, 11) is 1.63. The number of rotatable bonds is 8. The van der Waals surface area contributed by atoms with E-state index in [4.69, 9.17) is 9.26 Å². The van der Waals surface area contributed by atoms with Crippen LogP contribution in [0.1, 0.15) is 47.0 Å². The molecule has 1 atom stereocenters. The highest BCUT2D eigenvalue weighted by Crippen LogP contribution is 2.37. The Morgan fingerprint density at radius 1 is 1.06 bits per heavy atom. The zero-order valence-corrected chi connectivity index (χ0v) is 20.1. The summed E-state index contributed by atoms with van der Waals surface area (Å²) in [5.41, 5.74) is 5.78. The lowest BCUT2D eigenvalue weighted by Gasteiger charge is -2.30. The number of hydrogen-bond donors (Lipinski definition) is 0. The van der Waals surface area contributed by atoms with E-state index in [1.54, 1.807) is 7.11 Å². The van der Waals surface area contributed by atoms with Gasteiger partial charge in [-0.2, -0.15) is 4.98 Å². The number of fused-ring (bicyclic) bond motifs is 1. The van der Waals surface area contributed by atoms with Gasteiger partial charge in [-0.1, -0.05) is 59.3 Å². The number of benzene rings is 3. The van der Waals surface area contributed by atoms with E-state index >= 15 is 0 Å². The number of methoxy groups -OCH3 is 1. The first-order valence-corrected chi connectivity index (χ1v) is 12.0. The predicted molar refractivity (Wildman–Crippen MR) is 134 cm³/mol. The molecule has 6 nitrogen and oxygen atoms in total. The average molecular weight is 468 g/mol. The molecule has 0 aliphatic heterocycles. The van der Waals surface area contributed by atoms with E-state index in [0.717, 1.165) is 29.7 Å². The first kappa shape index (κ1) is 22.8. The van der Waals surface area contributed by atoms with Crippen LogP contribution in [0.5, 0.6) is 5.75 Å². The highest BCUT2D eigenvalue weighted by Gasteiger charge is 2.31. The molecule has 0 saturated carbocycles. The summed E-state index contributed by atoms with van der Waals surface area (Å²) in [5.74, 6) is 1.84. The molecule has 6 heteroatoms. The van der Waals surface area contributed by atoms with Gasteiger partial charge in [-0.3, -0.25) is 4.79 Å². The molecule has 0 bridgehead atoms. The fourth-order valence-electron chi connectivity index (χ4n) is 4.69. The molecule has 3 aromatic carbocycles. The molecule has 1 aliphatic rings. The van der Waals surface area contributed by atoms with Crippen LogP contribution in [0.2, 0.25) is 0 Å². The zero-order chi connectivity index (χ0) is 24.2. The van der Waals surface area contributed by atoms with Gasteiger partial charge in [0.1, 0.15) is 5.75 Å². The lowest BCUT2D eigenvalue weighted by Crippen LogP contribution is -2.33. The molecule has 1 aliphatic carbocycles. The molecule has 0 fully saturated rings. The maximum atomic E-state index is 13.6. The van der Waals surface area contributed by atoms with Crippen molar-refractivity contribution >= 4 is 5.91 Å². The molecule has 178 valence electrons. The van der Waals surface area contributed by atoms with Gasteiger partial charge in [0.05, 0.1) is 13.2 Å². The fraction of sp³-hybridized carbons (Fsp3) is 0.276. The van der Waals surface area contributed by atoms with Gasteiger partial charge in [-0.15, -0.1) is 0 Å². The average Bonchev–Trinajstić information content (AvgIpc) is 3.54. The third-order valence-electron chi connectivity index (χ3n) is 6.64. The smallest absolute Gasteiger partial charge is 0.227 e. The molecule has 1 amide bonds. The topological polar surface area (TPSA) is 68.5 Å². The van der Waals surface area contributed by atoms with E-state index < -0.39 is 0 Å². The molecular formula is C29H29N3O3. The van der Waals surface area contributed by atoms with E-state index in [-0.39, 0.29) is 11.9 Å². The molecule has 1 aromatic heterocycles. The Kier molecular flexibility index (Phi) is 6.62. The van der Waals surface area contributed by atoms with Crippen molar-refractivity contribution in [3.63, 3.8) is 0 Å². The number of hydrogen-bond acceptors (Lipinski definition) is 5. The monoisotopic (exact) mass is 467 g/mol. The van der Waals surface area contributed by atoms with Gasteiger partial charge in [-0.05, 0) is 60.7 Å². The van der Waals surface area contributed by atoms with Crippen molar-refractivity contribution < 1.29 is 14.1 Å². The Labute approximate surface area is 205 Å². The van der Waals surface area contributed by atoms with E-state index in [1.165, 1.54) is 16.7 Å². The van der Waals surface area contributed by atoms with Gasteiger partial charge in [0, 0.05) is 24.9 Å². The van der Waals surface area contributed by atoms with Crippen molar-refractivity contribution in [2.24, 2.45) is 0 Å². The van der Waals surface area contributed by atoms with Gasteiger partial charge in [-0.25, -0.2) is 0 Å². The Hall–Kier alpha value is -3.93. The Bertz CT molecular complexity index is 1300. The SMILES string of the molecule is COc1ccc(-c2noc(CCC(=O)N(Cc3ccc(C)cc3)C3CCc4ccccc43)n2)cc1. The van der Waals surface area contributed by atoms with Crippen molar-refractivity contribution in [2.75, 3.05) is 7.11 Å². The molecule has 4 aromatic rings. The molecule has 35 heavy (non-hydrogen) atoms. The number of aryl methyl sites for hydroxylation is 3. The molecular weight excluding hydrogens is 438 g/mol. The Morgan fingerprint density at radius 2 is 1.83 bits per heavy atom. The van der Waals surface area contributed by atoms with Gasteiger partial charge in [0.15, 0.2) is 0 Å². The summed E-state index contributed by atoms with van der Waals surface area (Å²) < 4.78 is 10.7. The fourth-order valence-corrected chi connectivity index (χ4v) is 4.69. The predicted octanol–water partition coefficient (Wildman–Crippen LogP) is 5.70. The van der Waals surface area contributed by atoms with Crippen LogP contribution in [-0.2, 0) is 24.2 Å². The summed E-state index contributed by atoms with van der Waals surface area (Å²) in [6, 6.07) is 24.4. The maximum absolute atomic E-state index is 13.6. The highest BCUT2D eigenvalue weighted by molar-refractivity contribution is 5.77. The number of amides is 1. The van der Waals surface area contributed by atoms with Gasteiger partial charge in [0.25, 0.3) is 0 Å². The van der Waals surface area contributed by atoms with Gasteiger partial charge in [0.2, 0.25) is 17.6 Å². The zero-order valence-electron chi connectivity index (χ0n) is 20.1. The minimum absolute atomic E-state index is 0.0811. The number of aromatic nitrogens is 2. The van der Waals surface area contributed by atoms with Crippen molar-refractivity contribution in [2.45, 2.75) is 45.2 Å². The van der Waals surface area contributed by atoms with Crippen LogP contribution in [0.4, 0.5) is 0 Å². The van der Waals surface area contributed by atoms with Crippen LogP contribution in [0.15, 0.2) is 77.3 Å². The van der Waals surface area contributed by atoms with Crippen LogP contribution in [0, 0.1) is 6.92 Å². The van der Waals surface area contributed by atoms with Crippen LogP contribution in [-0.4, -0.2) is 28.1 Å². The van der Waals surface area contributed by atoms with Crippen molar-refractivity contribution in [1.82, 2.24) is 15.0 Å². The maximum Gasteiger partial charge on any atom is 0.227 e. The molecule has 0 N–H and O–H groups in total. The summed E-state index contributed by atoms with van der Waals surface area (Å²) in [6.07, 6.45) is 2.65. The summed E-state index contributed by atoms with van der Waals surface area (Å²) >= 11 is 0. The molecule has 0 saturated heterocycles. The van der Waals surface area contributed by atoms with Gasteiger partial charge >= 0.3 is 0 Å². The Balaban J connectivity index is 1.31. The van der Waals surface area contributed by atoms with Gasteiger partial charge < -0.3 is 14.2 Å². The van der Waals surface area contributed by atoms with E-state index in [2.05, 4.69) is 65.6 Å². The summed E-state index contributed by atoms with van der Waals surface area (Å²) in [6.45, 7) is 2.66. The number of carbonyl (C=O) groups is 1. The van der Waals surface area contributed by atoms with Crippen LogP contribution in [0.25, 0.3) is 11.4 Å². The normalized spacial score (nSPS) is 14.5. The summed E-state index contributed by atoms with van der Waals surface area (Å²) in [5, 5.41) is 4.10. The second-order valence-corrected chi connectivity index (χ2v) is 9.00. The third-order valence-corrected chi connectivity index (χ3v) is 6.64. The molecule has 0 radical (unpaired) electrons. The molecule has 1 unspecified atom stereocenters. The minimum atomic E-state index is 0.0811. The molecule has 0 spiro atoms. The lowest BCUT2D eigenvalue weighted by molar-refractivity contribution is -0.134. The number of ether oxygens (including phenoxy) is 1. The largest absolute Gasteiger partial charge is 0.497 e. The number of carbonyl (C=O) groups excluding carboxylic acids is 1. The summed E-state index contributed by atoms with van der Waals surface area (Å²) in [4.78, 5) is 20.1. The second kappa shape index (κ2) is 10.1.